The van der Waals surface area contributed by atoms with Crippen LogP contribution >= 0.6 is 0 Å². The zero-order valence-electron chi connectivity index (χ0n) is 34.2. The number of halogens is 1. The molecule has 1 unspecified atom stereocenters. The number of aromatic amines is 1. The zero-order valence-corrected chi connectivity index (χ0v) is 35.2. The summed E-state index contributed by atoms with van der Waals surface area (Å²) in [5.41, 5.74) is 0.405. The minimum absolute atomic E-state index is 0.0418. The first kappa shape index (κ1) is 44.0. The quantitative estimate of drug-likeness (QED) is 0.0551. The Morgan fingerprint density at radius 1 is 1.05 bits per heavy atom. The van der Waals surface area contributed by atoms with Crippen LogP contribution < -0.4 is 25.8 Å². The van der Waals surface area contributed by atoms with E-state index in [-0.39, 0.29) is 59.8 Å². The monoisotopic (exact) mass is 809 g/mol. The summed E-state index contributed by atoms with van der Waals surface area (Å²) in [5, 5.41) is 20.1. The molecule has 0 saturated carbocycles. The number of carbonyl (C=O) groups excluding carboxylic acids is 2. The van der Waals surface area contributed by atoms with Crippen LogP contribution in [0.3, 0.4) is 0 Å². The number of H-pyrrole nitrogens is 1. The van der Waals surface area contributed by atoms with Crippen molar-refractivity contribution in [2.75, 3.05) is 32.8 Å². The Hall–Kier alpha value is -5.67. The largest absolute Gasteiger partial charge is 0.497 e. The summed E-state index contributed by atoms with van der Waals surface area (Å²) in [4.78, 5) is 44.8. The molecule has 1 amide bonds. The van der Waals surface area contributed by atoms with Gasteiger partial charge in [-0.2, -0.15) is 14.9 Å². The number of aromatic nitrogens is 4. The van der Waals surface area contributed by atoms with Crippen molar-refractivity contribution >= 4 is 26.1 Å². The Morgan fingerprint density at radius 2 is 1.74 bits per heavy atom. The maximum Gasteiger partial charge on any atom is 0.407 e. The van der Waals surface area contributed by atoms with E-state index >= 15 is 4.39 Å². The fourth-order valence-electron chi connectivity index (χ4n) is 7.01. The Morgan fingerprint density at radius 3 is 2.33 bits per heavy atom. The normalized spacial score (nSPS) is 12.4. The third-order valence-electron chi connectivity index (χ3n) is 9.38. The molecule has 0 aliphatic rings. The lowest BCUT2D eigenvalue weighted by atomic mass is 10.0. The first-order valence-corrected chi connectivity index (χ1v) is 20.6. The van der Waals surface area contributed by atoms with E-state index in [2.05, 4.69) is 73.3 Å². The molecule has 0 bridgehead atoms. The first-order chi connectivity index (χ1) is 26.9. The van der Waals surface area contributed by atoms with Crippen LogP contribution in [0.25, 0.3) is 5.82 Å². The molecule has 2 aromatic carbocycles. The minimum atomic E-state index is -2.23. The molecule has 308 valence electrons. The Kier molecular flexibility index (Phi) is 14.3. The van der Waals surface area contributed by atoms with Gasteiger partial charge in [0.15, 0.2) is 32.1 Å². The van der Waals surface area contributed by atoms with Crippen LogP contribution in [0, 0.1) is 17.1 Å². The van der Waals surface area contributed by atoms with Gasteiger partial charge in [-0.15, -0.1) is 5.10 Å². The van der Waals surface area contributed by atoms with E-state index in [1.165, 1.54) is 25.3 Å². The van der Waals surface area contributed by atoms with Gasteiger partial charge in [0.2, 0.25) is 5.82 Å². The van der Waals surface area contributed by atoms with Gasteiger partial charge >= 0.3 is 17.8 Å². The number of anilines is 1. The SMILES string of the molecule is COC(=O)c1ocnc1-n1nc(C(Nc2ccc(C#N)c(CNC(=O)OC(C)(C)C)c2)c2cc(OC)cc(OCCO[Si](C(C)C)(C(C)C)C(C)C)c2F)[nH]c1=O. The van der Waals surface area contributed by atoms with Crippen molar-refractivity contribution in [3.63, 3.8) is 0 Å². The Bertz CT molecular complexity index is 2110. The molecule has 4 rings (SSSR count). The average Bonchev–Trinajstić information content (AvgIpc) is 3.78. The summed E-state index contributed by atoms with van der Waals surface area (Å²) in [6, 6.07) is 8.37. The lowest BCUT2D eigenvalue weighted by Crippen LogP contribution is -2.48. The van der Waals surface area contributed by atoms with Gasteiger partial charge in [0.1, 0.15) is 24.0 Å². The highest BCUT2D eigenvalue weighted by molar-refractivity contribution is 6.77. The molecular weight excluding hydrogens is 758 g/mol. The molecule has 3 N–H and O–H groups in total. The number of nitrogens with one attached hydrogen (secondary N) is 3. The van der Waals surface area contributed by atoms with Gasteiger partial charge in [-0.3, -0.25) is 4.98 Å². The van der Waals surface area contributed by atoms with E-state index in [1.54, 1.807) is 32.9 Å². The molecule has 0 aliphatic heterocycles. The van der Waals surface area contributed by atoms with E-state index in [9.17, 15) is 19.6 Å². The number of hydrogen-bond acceptors (Lipinski definition) is 13. The number of alkyl carbamates (subject to hydrolysis) is 1. The second-order valence-corrected chi connectivity index (χ2v) is 20.6. The topological polar surface area (TPSA) is 205 Å². The van der Waals surface area contributed by atoms with Gasteiger partial charge in [-0.05, 0) is 67.2 Å². The van der Waals surface area contributed by atoms with E-state index in [1.807, 2.05) is 0 Å². The summed E-state index contributed by atoms with van der Waals surface area (Å²) in [6.45, 7) is 18.4. The van der Waals surface area contributed by atoms with Gasteiger partial charge < -0.3 is 38.4 Å². The first-order valence-electron chi connectivity index (χ1n) is 18.5. The molecule has 1 atom stereocenters. The third-order valence-corrected chi connectivity index (χ3v) is 15.5. The van der Waals surface area contributed by atoms with Crippen LogP contribution in [-0.4, -0.2) is 73.2 Å². The number of benzene rings is 2. The van der Waals surface area contributed by atoms with Crippen molar-refractivity contribution in [1.82, 2.24) is 25.1 Å². The lowest BCUT2D eigenvalue weighted by molar-refractivity contribution is 0.0521. The van der Waals surface area contributed by atoms with Gasteiger partial charge in [-0.25, -0.2) is 18.8 Å². The predicted octanol–water partition coefficient (Wildman–Crippen LogP) is 7.15. The molecule has 57 heavy (non-hydrogen) atoms. The highest BCUT2D eigenvalue weighted by Gasteiger charge is 2.45. The summed E-state index contributed by atoms with van der Waals surface area (Å²) < 4.78 is 51.1. The predicted molar refractivity (Wildman–Crippen MR) is 211 cm³/mol. The second-order valence-electron chi connectivity index (χ2n) is 15.2. The third kappa shape index (κ3) is 10.2. The number of esters is 1. The van der Waals surface area contributed by atoms with Crippen LogP contribution in [0.4, 0.5) is 14.9 Å². The van der Waals surface area contributed by atoms with E-state index in [0.29, 0.717) is 27.9 Å². The molecule has 16 nitrogen and oxygen atoms in total. The number of hydrogen-bond donors (Lipinski definition) is 3. The number of nitriles is 1. The molecule has 2 heterocycles. The van der Waals surface area contributed by atoms with E-state index in [0.717, 1.165) is 18.2 Å². The van der Waals surface area contributed by atoms with Crippen molar-refractivity contribution in [3.05, 3.63) is 81.3 Å². The molecule has 0 saturated heterocycles. The fraction of sp³-hybridized carbons (Fsp3) is 0.487. The van der Waals surface area contributed by atoms with Crippen molar-refractivity contribution in [3.8, 4) is 23.4 Å². The smallest absolute Gasteiger partial charge is 0.407 e. The van der Waals surface area contributed by atoms with Crippen LogP contribution in [0.2, 0.25) is 16.6 Å². The van der Waals surface area contributed by atoms with Gasteiger partial charge in [0.05, 0.1) is 32.5 Å². The molecule has 0 radical (unpaired) electrons. The highest BCUT2D eigenvalue weighted by Crippen LogP contribution is 2.42. The van der Waals surface area contributed by atoms with Crippen molar-refractivity contribution in [1.29, 1.82) is 5.26 Å². The van der Waals surface area contributed by atoms with Crippen molar-refractivity contribution in [2.45, 2.75) is 97.1 Å². The molecule has 2 aromatic heterocycles. The number of methoxy groups -OCH3 is 2. The van der Waals surface area contributed by atoms with Crippen LogP contribution in [0.1, 0.15) is 101 Å². The molecule has 0 spiro atoms. The van der Waals surface area contributed by atoms with E-state index in [4.69, 9.17) is 27.8 Å². The molecule has 18 heteroatoms. The minimum Gasteiger partial charge on any atom is -0.497 e. The summed E-state index contributed by atoms with van der Waals surface area (Å²) in [5.74, 6) is -2.36. The lowest BCUT2D eigenvalue weighted by Gasteiger charge is -2.42. The standard InChI is InChI=1S/C39H52FN7O9Si/c1-22(2)57(23(3)4,24(5)6)55-15-14-53-30-18-28(51-10)17-29(31(30)40)32(34-45-37(49)47(46-34)35-33(36(48)52-11)54-21-43-35)44-27-13-12-25(19-41)26(16-27)20-42-38(50)56-39(7,8)9/h12-13,16-18,21-24,32,44H,14-15,20H2,1-11H3,(H,42,50)(H,45,46,49). The van der Waals surface area contributed by atoms with Gasteiger partial charge in [0, 0.05) is 23.9 Å². The summed E-state index contributed by atoms with van der Waals surface area (Å²) in [7, 11) is 0.321. The molecule has 0 aliphatic carbocycles. The Balaban J connectivity index is 1.78. The second kappa shape index (κ2) is 18.5. The van der Waals surface area contributed by atoms with Gasteiger partial charge in [0.25, 0.3) is 5.76 Å². The fourth-order valence-corrected chi connectivity index (χ4v) is 12.5. The van der Waals surface area contributed by atoms with Crippen molar-refractivity contribution in [2.24, 2.45) is 0 Å². The van der Waals surface area contributed by atoms with Crippen molar-refractivity contribution < 1.29 is 41.8 Å². The van der Waals surface area contributed by atoms with Crippen LogP contribution in [0.5, 0.6) is 11.5 Å². The number of amides is 1. The molecule has 4 aromatic rings. The molecule has 0 fully saturated rings. The van der Waals surface area contributed by atoms with E-state index < -0.39 is 43.5 Å². The zero-order chi connectivity index (χ0) is 42.2. The summed E-state index contributed by atoms with van der Waals surface area (Å²) in [6.07, 6.45) is 0.263. The number of nitrogens with zero attached hydrogens (tertiary/aromatic N) is 4. The maximum absolute atomic E-state index is 16.8. The highest BCUT2D eigenvalue weighted by atomic mass is 28.4. The number of rotatable bonds is 17. The average molecular weight is 810 g/mol. The Labute approximate surface area is 332 Å². The van der Waals surface area contributed by atoms with Crippen LogP contribution in [0.15, 0.2) is 45.9 Å². The maximum atomic E-state index is 16.8. The number of ether oxygens (including phenoxy) is 4. The number of oxazole rings is 1. The van der Waals surface area contributed by atoms with Gasteiger partial charge in [-0.1, -0.05) is 41.5 Å². The molecular formula is C39H52FN7O9Si. The summed E-state index contributed by atoms with van der Waals surface area (Å²) >= 11 is 0. The van der Waals surface area contributed by atoms with Crippen LogP contribution in [-0.2, 0) is 20.4 Å². The number of carbonyl (C=O) groups is 2.